The Morgan fingerprint density at radius 2 is 2.22 bits per heavy atom. The third-order valence-electron chi connectivity index (χ3n) is 3.51. The van der Waals surface area contributed by atoms with Gasteiger partial charge in [-0.25, -0.2) is 0 Å². The lowest BCUT2D eigenvalue weighted by molar-refractivity contribution is 0.0455. The summed E-state index contributed by atoms with van der Waals surface area (Å²) >= 11 is 0. The second-order valence-corrected chi connectivity index (χ2v) is 5.17. The third kappa shape index (κ3) is 2.85. The molecule has 0 aromatic heterocycles. The number of hydrogen-bond acceptors (Lipinski definition) is 3. The summed E-state index contributed by atoms with van der Waals surface area (Å²) < 4.78 is 5.66. The van der Waals surface area contributed by atoms with Gasteiger partial charge in [-0.15, -0.1) is 0 Å². The molecule has 18 heavy (non-hydrogen) atoms. The van der Waals surface area contributed by atoms with Crippen LogP contribution < -0.4 is 10.1 Å². The van der Waals surface area contributed by atoms with Crippen LogP contribution in [-0.4, -0.2) is 24.8 Å². The molecule has 1 aliphatic rings. The number of hydrogen-bond donors (Lipinski definition) is 2. The normalized spacial score (nSPS) is 17.1. The maximum Gasteiger partial charge on any atom is 0.128 e. The Kier molecular flexibility index (Phi) is 4.25. The van der Waals surface area contributed by atoms with Gasteiger partial charge in [0.15, 0.2) is 0 Å². The van der Waals surface area contributed by atoms with Gasteiger partial charge >= 0.3 is 0 Å². The van der Waals surface area contributed by atoms with Gasteiger partial charge in [0.05, 0.1) is 12.2 Å². The molecule has 1 heterocycles. The fourth-order valence-electron chi connectivity index (χ4n) is 2.41. The van der Waals surface area contributed by atoms with Crippen molar-refractivity contribution in [1.82, 2.24) is 5.32 Å². The number of nitrogens with one attached hydrogen (secondary N) is 1. The molecule has 0 saturated carbocycles. The molecule has 0 bridgehead atoms. The lowest BCUT2D eigenvalue weighted by Gasteiger charge is -2.26. The summed E-state index contributed by atoms with van der Waals surface area (Å²) in [6, 6.07) is 6.07. The molecule has 100 valence electrons. The quantitative estimate of drug-likeness (QED) is 0.760. The Hall–Kier alpha value is -1.06. The van der Waals surface area contributed by atoms with Crippen molar-refractivity contribution in [3.05, 3.63) is 29.3 Å². The maximum absolute atomic E-state index is 10.6. The predicted molar refractivity (Wildman–Crippen MR) is 73.0 cm³/mol. The largest absolute Gasteiger partial charge is 0.493 e. The van der Waals surface area contributed by atoms with E-state index in [-0.39, 0.29) is 0 Å². The highest BCUT2D eigenvalue weighted by atomic mass is 16.5. The Bertz CT molecular complexity index is 401. The summed E-state index contributed by atoms with van der Waals surface area (Å²) in [4.78, 5) is 0. The fourth-order valence-corrected chi connectivity index (χ4v) is 2.41. The zero-order valence-electron chi connectivity index (χ0n) is 11.3. The van der Waals surface area contributed by atoms with Gasteiger partial charge in [0.25, 0.3) is 0 Å². The molecular formula is C15H23NO2. The molecule has 0 spiro atoms. The summed E-state index contributed by atoms with van der Waals surface area (Å²) in [5.41, 5.74) is 1.32. The summed E-state index contributed by atoms with van der Waals surface area (Å²) in [6.45, 7) is 6.57. The van der Waals surface area contributed by atoms with Gasteiger partial charge in [-0.1, -0.05) is 25.1 Å². The number of ether oxygens (including phenoxy) is 1. The van der Waals surface area contributed by atoms with Crippen molar-refractivity contribution < 1.29 is 9.84 Å². The molecule has 0 aliphatic carbocycles. The molecule has 1 aliphatic heterocycles. The van der Waals surface area contributed by atoms with Gasteiger partial charge in [-0.3, -0.25) is 0 Å². The first-order valence-corrected chi connectivity index (χ1v) is 6.83. The van der Waals surface area contributed by atoms with E-state index in [1.807, 2.05) is 19.1 Å². The maximum atomic E-state index is 10.6. The van der Waals surface area contributed by atoms with Crippen molar-refractivity contribution in [3.63, 3.8) is 0 Å². The van der Waals surface area contributed by atoms with Crippen LogP contribution in [0.15, 0.2) is 18.2 Å². The van der Waals surface area contributed by atoms with E-state index < -0.39 is 5.60 Å². The first-order valence-electron chi connectivity index (χ1n) is 6.83. The molecule has 1 aromatic rings. The van der Waals surface area contributed by atoms with Crippen LogP contribution in [0.4, 0.5) is 0 Å². The molecule has 2 rings (SSSR count). The molecular weight excluding hydrogens is 226 g/mol. The average molecular weight is 249 g/mol. The predicted octanol–water partition coefficient (Wildman–Crippen LogP) is 2.22. The van der Waals surface area contributed by atoms with E-state index in [0.717, 1.165) is 43.9 Å². The molecule has 0 saturated heterocycles. The minimum absolute atomic E-state index is 0.701. The highest BCUT2D eigenvalue weighted by molar-refractivity contribution is 5.46. The molecule has 0 radical (unpaired) electrons. The van der Waals surface area contributed by atoms with Crippen LogP contribution >= 0.6 is 0 Å². The topological polar surface area (TPSA) is 41.5 Å². The summed E-state index contributed by atoms with van der Waals surface area (Å²) in [7, 11) is 0. The third-order valence-corrected chi connectivity index (χ3v) is 3.51. The van der Waals surface area contributed by atoms with E-state index in [0.29, 0.717) is 6.42 Å². The highest BCUT2D eigenvalue weighted by Crippen LogP contribution is 2.37. The first-order chi connectivity index (χ1) is 8.65. The smallest absolute Gasteiger partial charge is 0.128 e. The Morgan fingerprint density at radius 1 is 1.39 bits per heavy atom. The zero-order chi connectivity index (χ0) is 13.0. The number of benzene rings is 1. The number of rotatable bonds is 6. The second kappa shape index (κ2) is 5.72. The van der Waals surface area contributed by atoms with E-state index in [4.69, 9.17) is 4.74 Å². The Labute approximate surface area is 109 Å². The van der Waals surface area contributed by atoms with Gasteiger partial charge in [0, 0.05) is 12.0 Å². The van der Waals surface area contributed by atoms with Crippen LogP contribution in [0.5, 0.6) is 5.75 Å². The van der Waals surface area contributed by atoms with E-state index in [9.17, 15) is 5.11 Å². The number of para-hydroxylation sites is 1. The van der Waals surface area contributed by atoms with Crippen molar-refractivity contribution in [1.29, 1.82) is 0 Å². The number of fused-ring (bicyclic) bond motifs is 1. The lowest BCUT2D eigenvalue weighted by Crippen LogP contribution is -2.28. The summed E-state index contributed by atoms with van der Waals surface area (Å²) in [5.74, 6) is 0.901. The molecule has 1 atom stereocenters. The minimum Gasteiger partial charge on any atom is -0.493 e. The summed E-state index contributed by atoms with van der Waals surface area (Å²) in [6.07, 6.45) is 2.77. The molecule has 3 nitrogen and oxygen atoms in total. The Morgan fingerprint density at radius 3 is 3.00 bits per heavy atom. The van der Waals surface area contributed by atoms with Crippen molar-refractivity contribution in [2.24, 2.45) is 0 Å². The van der Waals surface area contributed by atoms with Gasteiger partial charge in [-0.2, -0.15) is 0 Å². The van der Waals surface area contributed by atoms with Crippen molar-refractivity contribution >= 4 is 0 Å². The average Bonchev–Trinajstić information content (AvgIpc) is 2.82. The van der Waals surface area contributed by atoms with Crippen LogP contribution in [0.3, 0.4) is 0 Å². The van der Waals surface area contributed by atoms with Crippen molar-refractivity contribution in [3.8, 4) is 5.75 Å². The van der Waals surface area contributed by atoms with Gasteiger partial charge in [0.1, 0.15) is 5.75 Å². The SMILES string of the molecule is CCCNCCC(C)(O)c1cccc2c1OCC2. The van der Waals surface area contributed by atoms with E-state index >= 15 is 0 Å². The minimum atomic E-state index is -0.823. The Balaban J connectivity index is 2.07. The lowest BCUT2D eigenvalue weighted by atomic mass is 9.90. The van der Waals surface area contributed by atoms with E-state index in [1.165, 1.54) is 5.56 Å². The van der Waals surface area contributed by atoms with Crippen LogP contribution in [0, 0.1) is 0 Å². The molecule has 0 fully saturated rings. The first kappa shape index (κ1) is 13.4. The molecule has 2 N–H and O–H groups in total. The van der Waals surface area contributed by atoms with Gasteiger partial charge < -0.3 is 15.2 Å². The zero-order valence-corrected chi connectivity index (χ0v) is 11.3. The van der Waals surface area contributed by atoms with Gasteiger partial charge in [0.2, 0.25) is 0 Å². The van der Waals surface area contributed by atoms with Gasteiger partial charge in [-0.05, 0) is 38.4 Å². The van der Waals surface area contributed by atoms with Crippen LogP contribution in [0.1, 0.15) is 37.8 Å². The van der Waals surface area contributed by atoms with E-state index in [2.05, 4.69) is 18.3 Å². The van der Waals surface area contributed by atoms with Crippen LogP contribution in [0.25, 0.3) is 0 Å². The monoisotopic (exact) mass is 249 g/mol. The molecule has 3 heteroatoms. The molecule has 1 unspecified atom stereocenters. The highest BCUT2D eigenvalue weighted by Gasteiger charge is 2.29. The second-order valence-electron chi connectivity index (χ2n) is 5.17. The van der Waals surface area contributed by atoms with E-state index in [1.54, 1.807) is 0 Å². The number of aliphatic hydroxyl groups is 1. The fraction of sp³-hybridized carbons (Fsp3) is 0.600. The van der Waals surface area contributed by atoms with Crippen molar-refractivity contribution in [2.45, 2.75) is 38.7 Å². The van der Waals surface area contributed by atoms with Crippen LogP contribution in [-0.2, 0) is 12.0 Å². The molecule has 0 amide bonds. The standard InChI is InChI=1S/C15H23NO2/c1-3-9-16-10-8-15(2,17)13-6-4-5-12-7-11-18-14(12)13/h4-6,16-17H,3,7-11H2,1-2H3. The summed E-state index contributed by atoms with van der Waals surface area (Å²) in [5, 5.41) is 14.0. The van der Waals surface area contributed by atoms with Crippen molar-refractivity contribution in [2.75, 3.05) is 19.7 Å². The van der Waals surface area contributed by atoms with Crippen LogP contribution in [0.2, 0.25) is 0 Å². The molecule has 1 aromatic carbocycles.